The number of para-hydroxylation sites is 1. The number of esters is 1. The Balaban J connectivity index is 2.54. The number of carbonyl (C=O) groups excluding carboxylic acids is 1. The molecule has 0 fully saturated rings. The van der Waals surface area contributed by atoms with Crippen molar-refractivity contribution in [3.05, 3.63) is 28.7 Å². The molecule has 0 aromatic heterocycles. The average molecular weight is 321 g/mol. The lowest BCUT2D eigenvalue weighted by Crippen LogP contribution is -2.30. The number of carbonyl (C=O) groups is 1. The van der Waals surface area contributed by atoms with E-state index in [0.717, 1.165) is 0 Å². The van der Waals surface area contributed by atoms with Crippen molar-refractivity contribution in [3.8, 4) is 5.75 Å². The topological polar surface area (TPSA) is 78.5 Å². The summed E-state index contributed by atoms with van der Waals surface area (Å²) in [4.78, 5) is 11.6. The lowest BCUT2D eigenvalue weighted by Gasteiger charge is -2.13. The van der Waals surface area contributed by atoms with Crippen LogP contribution in [0.2, 0.25) is 0 Å². The molecule has 0 radical (unpaired) electrons. The van der Waals surface area contributed by atoms with Crippen LogP contribution in [0.1, 0.15) is 6.92 Å². The van der Waals surface area contributed by atoms with Crippen LogP contribution < -0.4 is 9.46 Å². The van der Waals surface area contributed by atoms with Crippen LogP contribution in [0.4, 0.5) is 0 Å². The fourth-order valence-corrected chi connectivity index (χ4v) is 1.76. The molecule has 0 saturated heterocycles. The third kappa shape index (κ3) is 4.95. The van der Waals surface area contributed by atoms with E-state index in [1.165, 1.54) is 0 Å². The highest BCUT2D eigenvalue weighted by molar-refractivity contribution is 9.10. The maximum Gasteiger partial charge on any atom is 0.315 e. The molecule has 5 nitrogen and oxygen atoms in total. The van der Waals surface area contributed by atoms with Crippen molar-refractivity contribution in [1.29, 1.82) is 0 Å². The van der Waals surface area contributed by atoms with Gasteiger partial charge in [-0.2, -0.15) is 0 Å². The summed E-state index contributed by atoms with van der Waals surface area (Å²) in [5.41, 5.74) is 0. The van der Waals surface area contributed by atoms with Crippen LogP contribution in [0.25, 0.3) is 0 Å². The van der Waals surface area contributed by atoms with E-state index in [1.807, 2.05) is 0 Å². The third-order valence-electron chi connectivity index (χ3n) is 1.96. The van der Waals surface area contributed by atoms with Gasteiger partial charge >= 0.3 is 5.97 Å². The molecule has 7 heteroatoms. The molecule has 0 aliphatic carbocycles. The van der Waals surface area contributed by atoms with Crippen molar-refractivity contribution in [2.45, 2.75) is 6.92 Å². The molecule has 0 heterocycles. The molecule has 0 aliphatic rings. The largest absolute Gasteiger partial charge is 0.760 e. The Hall–Kier alpha value is -0.760. The van der Waals surface area contributed by atoms with E-state index in [0.29, 0.717) is 10.2 Å². The van der Waals surface area contributed by atoms with Gasteiger partial charge in [-0.3, -0.25) is 9.00 Å². The maximum atomic E-state index is 11.6. The molecular formula is C10H11BrNO4S-. The summed E-state index contributed by atoms with van der Waals surface area (Å²) >= 11 is 0.874. The van der Waals surface area contributed by atoms with Gasteiger partial charge in [0, 0.05) is 17.8 Å². The summed E-state index contributed by atoms with van der Waals surface area (Å²) in [5.74, 6) is -0.637. The number of nitrogens with one attached hydrogen (secondary N) is 1. The maximum absolute atomic E-state index is 11.6. The first-order valence-corrected chi connectivity index (χ1v) is 6.66. The van der Waals surface area contributed by atoms with Crippen LogP contribution in [0.3, 0.4) is 0 Å². The first-order chi connectivity index (χ1) is 8.00. The Bertz CT molecular complexity index is 427. The van der Waals surface area contributed by atoms with Gasteiger partial charge in [-0.15, -0.1) is 0 Å². The number of benzene rings is 1. The first kappa shape index (κ1) is 14.3. The van der Waals surface area contributed by atoms with E-state index in [4.69, 9.17) is 4.74 Å². The molecule has 94 valence electrons. The standard InChI is InChI=1S/C10H12BrNO4S/c1-7(6-12-17(14)15)10(13)16-9-5-3-2-4-8(9)11/h2-5,7,12H,6H2,1H3,(H,14,15)/p-1. The zero-order valence-electron chi connectivity index (χ0n) is 9.01. The highest BCUT2D eigenvalue weighted by atomic mass is 79.9. The summed E-state index contributed by atoms with van der Waals surface area (Å²) in [7, 11) is 0. The van der Waals surface area contributed by atoms with Gasteiger partial charge in [0.05, 0.1) is 10.4 Å². The van der Waals surface area contributed by atoms with Gasteiger partial charge in [-0.25, -0.2) is 4.72 Å². The molecule has 1 aromatic carbocycles. The minimum absolute atomic E-state index is 0.0133. The fourth-order valence-electron chi connectivity index (χ4n) is 1.01. The van der Waals surface area contributed by atoms with Gasteiger partial charge in [0.15, 0.2) is 0 Å². The van der Waals surface area contributed by atoms with Gasteiger partial charge in [0.1, 0.15) is 5.75 Å². The van der Waals surface area contributed by atoms with Crippen molar-refractivity contribution in [2.75, 3.05) is 6.54 Å². The quantitative estimate of drug-likeness (QED) is 0.505. The number of rotatable bonds is 5. The third-order valence-corrected chi connectivity index (χ3v) is 3.01. The lowest BCUT2D eigenvalue weighted by molar-refractivity contribution is -0.138. The van der Waals surface area contributed by atoms with Crippen LogP contribution >= 0.6 is 15.9 Å². The van der Waals surface area contributed by atoms with Crippen LogP contribution in [0.15, 0.2) is 28.7 Å². The molecule has 17 heavy (non-hydrogen) atoms. The SMILES string of the molecule is CC(CNS(=O)[O-])C(=O)Oc1ccccc1Br. The number of ether oxygens (including phenoxy) is 1. The van der Waals surface area contributed by atoms with Crippen molar-refractivity contribution >= 4 is 33.2 Å². The van der Waals surface area contributed by atoms with Gasteiger partial charge in [0.2, 0.25) is 0 Å². The van der Waals surface area contributed by atoms with Crippen LogP contribution in [-0.4, -0.2) is 21.3 Å². The van der Waals surface area contributed by atoms with Gasteiger partial charge in [0.25, 0.3) is 0 Å². The number of hydrogen-bond donors (Lipinski definition) is 1. The molecule has 0 amide bonds. The predicted molar refractivity (Wildman–Crippen MR) is 65.9 cm³/mol. The van der Waals surface area contributed by atoms with Crippen molar-refractivity contribution in [1.82, 2.24) is 4.72 Å². The predicted octanol–water partition coefficient (Wildman–Crippen LogP) is 1.37. The molecular weight excluding hydrogens is 310 g/mol. The molecule has 0 bridgehead atoms. The summed E-state index contributed by atoms with van der Waals surface area (Å²) in [6.45, 7) is 1.60. The molecule has 1 N–H and O–H groups in total. The van der Waals surface area contributed by atoms with E-state index in [9.17, 15) is 13.6 Å². The fraction of sp³-hybridized carbons (Fsp3) is 0.300. The van der Waals surface area contributed by atoms with Gasteiger partial charge in [-0.1, -0.05) is 19.1 Å². The van der Waals surface area contributed by atoms with E-state index in [-0.39, 0.29) is 6.54 Å². The monoisotopic (exact) mass is 320 g/mol. The second-order valence-electron chi connectivity index (χ2n) is 3.34. The molecule has 2 unspecified atom stereocenters. The summed E-state index contributed by atoms with van der Waals surface area (Å²) in [5, 5.41) is 0. The molecule has 0 aliphatic heterocycles. The Morgan fingerprint density at radius 1 is 1.59 bits per heavy atom. The van der Waals surface area contributed by atoms with E-state index < -0.39 is 23.2 Å². The van der Waals surface area contributed by atoms with Crippen LogP contribution in [0.5, 0.6) is 5.75 Å². The first-order valence-electron chi connectivity index (χ1n) is 4.79. The smallest absolute Gasteiger partial charge is 0.315 e. The number of hydrogen-bond acceptors (Lipinski definition) is 4. The van der Waals surface area contributed by atoms with Crippen LogP contribution in [-0.2, 0) is 16.1 Å². The average Bonchev–Trinajstić information content (AvgIpc) is 2.28. The van der Waals surface area contributed by atoms with E-state index in [2.05, 4.69) is 20.7 Å². The van der Waals surface area contributed by atoms with Crippen molar-refractivity contribution < 1.29 is 18.3 Å². The molecule has 1 rings (SSSR count). The molecule has 2 atom stereocenters. The Labute approximate surface area is 110 Å². The zero-order chi connectivity index (χ0) is 12.8. The normalized spacial score (nSPS) is 14.1. The Kier molecular flexibility index (Phi) is 5.76. The van der Waals surface area contributed by atoms with E-state index >= 15 is 0 Å². The zero-order valence-corrected chi connectivity index (χ0v) is 11.4. The molecule has 0 saturated carbocycles. The van der Waals surface area contributed by atoms with Gasteiger partial charge in [-0.05, 0) is 28.1 Å². The highest BCUT2D eigenvalue weighted by Crippen LogP contribution is 2.24. The summed E-state index contributed by atoms with van der Waals surface area (Å²) in [6.07, 6.45) is 0. The molecule has 0 spiro atoms. The Morgan fingerprint density at radius 2 is 2.24 bits per heavy atom. The van der Waals surface area contributed by atoms with Crippen LogP contribution in [0, 0.1) is 5.92 Å². The second-order valence-corrected chi connectivity index (χ2v) is 4.95. The number of halogens is 1. The molecule has 1 aromatic rings. The minimum atomic E-state index is -2.37. The van der Waals surface area contributed by atoms with Gasteiger partial charge < -0.3 is 9.29 Å². The second kappa shape index (κ2) is 6.85. The summed E-state index contributed by atoms with van der Waals surface area (Å²) in [6, 6.07) is 6.93. The van der Waals surface area contributed by atoms with Crippen molar-refractivity contribution in [2.24, 2.45) is 5.92 Å². The Morgan fingerprint density at radius 3 is 2.82 bits per heavy atom. The highest BCUT2D eigenvalue weighted by Gasteiger charge is 2.16. The van der Waals surface area contributed by atoms with Crippen molar-refractivity contribution in [3.63, 3.8) is 0 Å². The minimum Gasteiger partial charge on any atom is -0.760 e. The van der Waals surface area contributed by atoms with E-state index in [1.54, 1.807) is 31.2 Å². The summed E-state index contributed by atoms with van der Waals surface area (Å²) < 4.78 is 28.4. The lowest BCUT2D eigenvalue weighted by atomic mass is 10.2.